The number of nitrogens with zero attached hydrogens (tertiary/aromatic N) is 4. The second-order valence-corrected chi connectivity index (χ2v) is 19.4. The molecule has 0 saturated carbocycles. The van der Waals surface area contributed by atoms with E-state index < -0.39 is 65.6 Å². The van der Waals surface area contributed by atoms with Gasteiger partial charge in [0.2, 0.25) is 23.6 Å². The van der Waals surface area contributed by atoms with Crippen molar-refractivity contribution in [2.45, 2.75) is 129 Å². The van der Waals surface area contributed by atoms with Crippen molar-refractivity contribution in [2.24, 2.45) is 5.92 Å². The number of rotatable bonds is 43. The van der Waals surface area contributed by atoms with Gasteiger partial charge in [0.15, 0.2) is 18.2 Å². The molecule has 7 N–H and O–H groups in total. The van der Waals surface area contributed by atoms with Gasteiger partial charge in [-0.1, -0.05) is 31.0 Å². The molecule has 8 amide bonds. The minimum atomic E-state index is -1.20. The van der Waals surface area contributed by atoms with E-state index in [1.54, 1.807) is 24.3 Å². The maximum absolute atomic E-state index is 12.9. The molecule has 2 aromatic carbocycles. The Morgan fingerprint density at radius 1 is 0.556 bits per heavy atom. The van der Waals surface area contributed by atoms with Crippen molar-refractivity contribution in [2.75, 3.05) is 59.0 Å². The molecular formula is C56H77N7O18. The van der Waals surface area contributed by atoms with Crippen LogP contribution in [0.1, 0.15) is 138 Å². The smallest absolute Gasteiger partial charge is 0.307 e. The SMILES string of the molecule is CC(=O)N(O)CCCCCNC(=O)CCC(=O)N(O)CCCCCCC(=O)CCC(=O)N(O)CCCCCNC(=O)COc1cccc(C(=O)NCC(=O)C[C@@H](Cc2ccc(OCC(=O)CCCN3C(=O)C=CC3=O)cc2)C(=O)O)c1. The Morgan fingerprint density at radius 2 is 1.11 bits per heavy atom. The van der Waals surface area contributed by atoms with Crippen LogP contribution < -0.4 is 25.4 Å². The Morgan fingerprint density at radius 3 is 1.73 bits per heavy atom. The number of imide groups is 1. The quantitative estimate of drug-likeness (QED) is 0.0215. The van der Waals surface area contributed by atoms with Crippen LogP contribution in [-0.2, 0) is 59.2 Å². The van der Waals surface area contributed by atoms with Crippen molar-refractivity contribution < 1.29 is 87.7 Å². The van der Waals surface area contributed by atoms with E-state index in [1.165, 1.54) is 43.3 Å². The Balaban J connectivity index is 1.18. The molecule has 3 rings (SSSR count). The summed E-state index contributed by atoms with van der Waals surface area (Å²) in [5.41, 5.74) is 0.726. The van der Waals surface area contributed by atoms with Gasteiger partial charge in [-0.3, -0.25) is 78.1 Å². The fraction of sp³-hybridized carbons (Fsp3) is 0.536. The van der Waals surface area contributed by atoms with Gasteiger partial charge < -0.3 is 30.5 Å². The molecule has 1 aliphatic heterocycles. The summed E-state index contributed by atoms with van der Waals surface area (Å²) in [4.78, 5) is 147. The summed E-state index contributed by atoms with van der Waals surface area (Å²) in [5.74, 6) is -6.46. The fourth-order valence-corrected chi connectivity index (χ4v) is 7.99. The molecule has 25 heteroatoms. The van der Waals surface area contributed by atoms with Crippen LogP contribution in [0.3, 0.4) is 0 Å². The second kappa shape index (κ2) is 37.9. The molecule has 25 nitrogen and oxygen atoms in total. The molecule has 1 heterocycles. The lowest BCUT2D eigenvalue weighted by molar-refractivity contribution is -0.166. The molecule has 0 unspecified atom stereocenters. The highest BCUT2D eigenvalue weighted by atomic mass is 16.5. The Bertz CT molecular complexity index is 2470. The molecule has 444 valence electrons. The first-order chi connectivity index (χ1) is 38.7. The predicted molar refractivity (Wildman–Crippen MR) is 287 cm³/mol. The molecular weight excluding hydrogens is 1060 g/mol. The van der Waals surface area contributed by atoms with Crippen molar-refractivity contribution in [1.29, 1.82) is 0 Å². The number of carbonyl (C=O) groups is 12. The van der Waals surface area contributed by atoms with Gasteiger partial charge >= 0.3 is 5.97 Å². The van der Waals surface area contributed by atoms with E-state index in [4.69, 9.17) is 9.47 Å². The minimum absolute atomic E-state index is 0.00604. The van der Waals surface area contributed by atoms with Gasteiger partial charge in [0.1, 0.15) is 23.9 Å². The number of carbonyl (C=O) groups excluding carboxylic acids is 11. The molecule has 0 saturated heterocycles. The molecule has 0 fully saturated rings. The molecule has 1 aliphatic rings. The Labute approximate surface area is 470 Å². The molecule has 0 spiro atoms. The van der Waals surface area contributed by atoms with Gasteiger partial charge in [-0.15, -0.1) is 0 Å². The van der Waals surface area contributed by atoms with Gasteiger partial charge in [0.25, 0.3) is 23.6 Å². The highest BCUT2D eigenvalue weighted by Gasteiger charge is 2.24. The first kappa shape index (κ1) is 67.4. The van der Waals surface area contributed by atoms with E-state index in [9.17, 15) is 78.3 Å². The summed E-state index contributed by atoms with van der Waals surface area (Å²) in [6, 6.07) is 12.3. The number of carboxylic acid groups (broad SMARTS) is 1. The molecule has 0 bridgehead atoms. The second-order valence-electron chi connectivity index (χ2n) is 19.4. The summed E-state index contributed by atoms with van der Waals surface area (Å²) < 4.78 is 11.1. The van der Waals surface area contributed by atoms with Crippen LogP contribution in [0.2, 0.25) is 0 Å². The highest BCUT2D eigenvalue weighted by Crippen LogP contribution is 2.19. The van der Waals surface area contributed by atoms with Gasteiger partial charge in [-0.25, -0.2) is 15.2 Å². The normalized spacial score (nSPS) is 12.1. The van der Waals surface area contributed by atoms with Gasteiger partial charge in [0, 0.05) is 109 Å². The zero-order valence-electron chi connectivity index (χ0n) is 45.9. The summed E-state index contributed by atoms with van der Waals surface area (Å²) in [7, 11) is 0. The lowest BCUT2D eigenvalue weighted by Crippen LogP contribution is -2.32. The summed E-state index contributed by atoms with van der Waals surface area (Å²) >= 11 is 0. The number of aliphatic carboxylic acids is 1. The average Bonchev–Trinajstić information content (AvgIpc) is 3.77. The van der Waals surface area contributed by atoms with E-state index in [0.717, 1.165) is 4.90 Å². The number of Topliss-reactive ketones (excluding diaryl/α,β-unsaturated/α-hetero) is 3. The van der Waals surface area contributed by atoms with Crippen molar-refractivity contribution in [3.63, 3.8) is 0 Å². The lowest BCUT2D eigenvalue weighted by Gasteiger charge is -2.15. The van der Waals surface area contributed by atoms with Crippen LogP contribution in [0.15, 0.2) is 60.7 Å². The third kappa shape index (κ3) is 28.7. The largest absolute Gasteiger partial charge is 0.486 e. The Hall–Kier alpha value is -7.90. The average molecular weight is 1140 g/mol. The van der Waals surface area contributed by atoms with E-state index in [-0.39, 0.29) is 126 Å². The van der Waals surface area contributed by atoms with E-state index in [2.05, 4.69) is 16.0 Å². The van der Waals surface area contributed by atoms with E-state index in [1.807, 2.05) is 0 Å². The van der Waals surface area contributed by atoms with E-state index in [0.29, 0.717) is 104 Å². The van der Waals surface area contributed by atoms with E-state index >= 15 is 0 Å². The lowest BCUT2D eigenvalue weighted by atomic mass is 9.94. The number of amides is 8. The number of benzene rings is 2. The zero-order chi connectivity index (χ0) is 59.5. The first-order valence-electron chi connectivity index (χ1n) is 27.2. The number of hydrogen-bond acceptors (Lipinski definition) is 17. The van der Waals surface area contributed by atoms with Gasteiger partial charge in [0.05, 0.1) is 12.5 Å². The molecule has 0 aliphatic carbocycles. The zero-order valence-corrected chi connectivity index (χ0v) is 45.9. The van der Waals surface area contributed by atoms with Gasteiger partial charge in [-0.05, 0) is 100 Å². The summed E-state index contributed by atoms with van der Waals surface area (Å²) in [6.45, 7) is 1.34. The van der Waals surface area contributed by atoms with Crippen LogP contribution in [0.5, 0.6) is 11.5 Å². The number of hydroxylamine groups is 6. The predicted octanol–water partition coefficient (Wildman–Crippen LogP) is 3.68. The van der Waals surface area contributed by atoms with Crippen molar-refractivity contribution in [3.8, 4) is 11.5 Å². The molecule has 81 heavy (non-hydrogen) atoms. The first-order valence-corrected chi connectivity index (χ1v) is 27.2. The van der Waals surface area contributed by atoms with Crippen LogP contribution in [-0.4, -0.2) is 170 Å². The number of unbranched alkanes of at least 4 members (excludes halogenated alkanes) is 7. The minimum Gasteiger partial charge on any atom is -0.486 e. The summed E-state index contributed by atoms with van der Waals surface area (Å²) in [6.07, 6.45) is 7.99. The third-order valence-corrected chi connectivity index (χ3v) is 12.7. The monoisotopic (exact) mass is 1140 g/mol. The van der Waals surface area contributed by atoms with Crippen molar-refractivity contribution in [3.05, 3.63) is 71.8 Å². The van der Waals surface area contributed by atoms with Crippen LogP contribution in [0.25, 0.3) is 0 Å². The summed E-state index contributed by atoms with van der Waals surface area (Å²) in [5, 5.41) is 49.0. The number of carboxylic acids is 1. The highest BCUT2D eigenvalue weighted by molar-refractivity contribution is 6.12. The topological polar surface area (TPSA) is 353 Å². The van der Waals surface area contributed by atoms with Crippen LogP contribution in [0.4, 0.5) is 0 Å². The maximum Gasteiger partial charge on any atom is 0.307 e. The standard InChI is InChI=1S/C56H77N7O18/c1-40(64)61(77)31-10-4-7-28-57-49(68)23-25-54(73)63(79)32-9-3-2-6-15-44(65)20-24-53(72)62(78)33-11-5-8-29-58-50(69)39-81-48-17-12-14-42(36-48)55(74)59-37-46(67)35-43(56(75)76)34-41-18-21-47(22-19-41)80-38-45(66)16-13-30-60-51(70)26-27-52(60)71/h12,14,17-19,21-22,26-27,36,43,77-79H,2-11,13,15-16,20,23-25,28-35,37-39H2,1H3,(H,57,68)(H,58,69)(H,59,74)(H,75,76)/t43-/m1/s1. The van der Waals surface area contributed by atoms with Crippen molar-refractivity contribution in [1.82, 2.24) is 36.0 Å². The van der Waals surface area contributed by atoms with Gasteiger partial charge in [-0.2, -0.15) is 0 Å². The Kier molecular flexibility index (Phi) is 31.5. The third-order valence-electron chi connectivity index (χ3n) is 12.7. The molecule has 0 aromatic heterocycles. The van der Waals surface area contributed by atoms with Crippen LogP contribution >= 0.6 is 0 Å². The maximum atomic E-state index is 12.9. The molecule has 0 radical (unpaired) electrons. The molecule has 2 aromatic rings. The fourth-order valence-electron chi connectivity index (χ4n) is 7.99. The number of nitrogens with one attached hydrogen (secondary N) is 3. The van der Waals surface area contributed by atoms with Crippen molar-refractivity contribution >= 4 is 70.6 Å². The van der Waals surface area contributed by atoms with Crippen LogP contribution in [0, 0.1) is 5.92 Å². The number of hydrogen-bond donors (Lipinski definition) is 7. The number of ketones is 3. The molecule has 1 atom stereocenters. The number of ether oxygens (including phenoxy) is 2.